The molecule has 0 aliphatic heterocycles. The molecule has 0 fully saturated rings. The molecule has 0 radical (unpaired) electrons. The Morgan fingerprint density at radius 2 is 2.17 bits per heavy atom. The van der Waals surface area contributed by atoms with E-state index in [0.717, 1.165) is 22.4 Å². The molecule has 0 unspecified atom stereocenters. The summed E-state index contributed by atoms with van der Waals surface area (Å²) in [4.78, 5) is 11.8. The molecule has 0 saturated heterocycles. The zero-order valence-electron chi connectivity index (χ0n) is 9.92. The Kier molecular flexibility index (Phi) is 2.68. The van der Waals surface area contributed by atoms with Crippen molar-refractivity contribution in [2.45, 2.75) is 13.5 Å². The van der Waals surface area contributed by atoms with E-state index in [9.17, 15) is 0 Å². The number of hydrogen-bond donors (Lipinski definition) is 1. The molecule has 0 spiro atoms. The number of H-pyrrole nitrogens is 1. The van der Waals surface area contributed by atoms with Crippen molar-refractivity contribution in [3.05, 3.63) is 52.7 Å². The third kappa shape index (κ3) is 1.93. The second kappa shape index (κ2) is 4.34. The van der Waals surface area contributed by atoms with E-state index in [4.69, 9.17) is 12.2 Å². The van der Waals surface area contributed by atoms with Crippen LogP contribution in [0.2, 0.25) is 0 Å². The van der Waals surface area contributed by atoms with Gasteiger partial charge in [-0.1, -0.05) is 6.07 Å². The van der Waals surface area contributed by atoms with Crippen LogP contribution in [0.4, 0.5) is 0 Å². The van der Waals surface area contributed by atoms with Crippen molar-refractivity contribution >= 4 is 23.4 Å². The Labute approximate surface area is 109 Å². The predicted molar refractivity (Wildman–Crippen MR) is 73.0 cm³/mol. The molecule has 5 heteroatoms. The third-order valence-corrected chi connectivity index (χ3v) is 3.16. The Bertz CT molecular complexity index is 740. The van der Waals surface area contributed by atoms with Crippen molar-refractivity contribution in [1.82, 2.24) is 19.5 Å². The normalized spacial score (nSPS) is 10.9. The van der Waals surface area contributed by atoms with Crippen molar-refractivity contribution < 1.29 is 0 Å². The van der Waals surface area contributed by atoms with Crippen molar-refractivity contribution in [2.75, 3.05) is 0 Å². The number of aromatic nitrogens is 4. The zero-order valence-corrected chi connectivity index (χ0v) is 10.7. The molecule has 0 amide bonds. The highest BCUT2D eigenvalue weighted by molar-refractivity contribution is 7.71. The summed E-state index contributed by atoms with van der Waals surface area (Å²) in [5.41, 5.74) is 3.97. The SMILES string of the molecule is Cc1ccc(Cn2c(=S)[nH]c3cccnc32)cn1. The number of nitrogens with zero attached hydrogens (tertiary/aromatic N) is 3. The molecule has 18 heavy (non-hydrogen) atoms. The van der Waals surface area contributed by atoms with Gasteiger partial charge in [-0.05, 0) is 42.9 Å². The Morgan fingerprint density at radius 3 is 2.94 bits per heavy atom. The van der Waals surface area contributed by atoms with Crippen LogP contribution in [0.5, 0.6) is 0 Å². The van der Waals surface area contributed by atoms with Gasteiger partial charge in [-0.3, -0.25) is 9.55 Å². The maximum Gasteiger partial charge on any atom is 0.179 e. The molecule has 0 saturated carbocycles. The highest BCUT2D eigenvalue weighted by Gasteiger charge is 2.05. The quantitative estimate of drug-likeness (QED) is 0.717. The first kappa shape index (κ1) is 11.1. The van der Waals surface area contributed by atoms with Gasteiger partial charge in [-0.25, -0.2) is 4.98 Å². The number of nitrogens with one attached hydrogen (secondary N) is 1. The predicted octanol–water partition coefficient (Wildman–Crippen LogP) is 2.85. The van der Waals surface area contributed by atoms with Crippen molar-refractivity contribution in [3.63, 3.8) is 0 Å². The summed E-state index contributed by atoms with van der Waals surface area (Å²) < 4.78 is 2.67. The molecule has 90 valence electrons. The van der Waals surface area contributed by atoms with Gasteiger partial charge in [0.05, 0.1) is 12.1 Å². The average molecular weight is 256 g/mol. The van der Waals surface area contributed by atoms with E-state index < -0.39 is 0 Å². The zero-order chi connectivity index (χ0) is 12.5. The summed E-state index contributed by atoms with van der Waals surface area (Å²) in [7, 11) is 0. The first-order chi connectivity index (χ1) is 8.74. The molecular formula is C13H12N4S. The maximum absolute atomic E-state index is 5.32. The fourth-order valence-corrected chi connectivity index (χ4v) is 2.17. The lowest BCUT2D eigenvalue weighted by Crippen LogP contribution is -2.01. The lowest BCUT2D eigenvalue weighted by molar-refractivity contribution is 0.795. The molecule has 3 rings (SSSR count). The van der Waals surface area contributed by atoms with Gasteiger partial charge in [-0.2, -0.15) is 0 Å². The number of aryl methyl sites for hydroxylation is 1. The summed E-state index contributed by atoms with van der Waals surface area (Å²) in [6.07, 6.45) is 3.65. The van der Waals surface area contributed by atoms with Crippen LogP contribution < -0.4 is 0 Å². The number of imidazole rings is 1. The number of hydrogen-bond acceptors (Lipinski definition) is 3. The van der Waals surface area contributed by atoms with E-state index in [1.165, 1.54) is 0 Å². The fraction of sp³-hybridized carbons (Fsp3) is 0.154. The van der Waals surface area contributed by atoms with Gasteiger partial charge < -0.3 is 4.98 Å². The van der Waals surface area contributed by atoms with Gasteiger partial charge >= 0.3 is 0 Å². The number of aromatic amines is 1. The summed E-state index contributed by atoms with van der Waals surface area (Å²) in [5.74, 6) is 0. The summed E-state index contributed by atoms with van der Waals surface area (Å²) >= 11 is 5.32. The lowest BCUT2D eigenvalue weighted by Gasteiger charge is -2.03. The van der Waals surface area contributed by atoms with Gasteiger partial charge in [0.15, 0.2) is 10.4 Å². The number of pyridine rings is 2. The van der Waals surface area contributed by atoms with Crippen LogP contribution in [0.3, 0.4) is 0 Å². The highest BCUT2D eigenvalue weighted by Crippen LogP contribution is 2.13. The third-order valence-electron chi connectivity index (χ3n) is 2.84. The van der Waals surface area contributed by atoms with E-state index in [1.807, 2.05) is 35.9 Å². The molecule has 0 aromatic carbocycles. The molecule has 1 N–H and O–H groups in total. The van der Waals surface area contributed by atoms with Gasteiger partial charge in [0.2, 0.25) is 0 Å². The maximum atomic E-state index is 5.32. The van der Waals surface area contributed by atoms with Crippen LogP contribution in [-0.2, 0) is 6.54 Å². The smallest absolute Gasteiger partial charge is 0.179 e. The van der Waals surface area contributed by atoms with E-state index in [1.54, 1.807) is 6.20 Å². The minimum Gasteiger partial charge on any atom is -0.329 e. The average Bonchev–Trinajstić information content (AvgIpc) is 2.69. The molecule has 3 aromatic heterocycles. The van der Waals surface area contributed by atoms with E-state index in [0.29, 0.717) is 11.3 Å². The van der Waals surface area contributed by atoms with Crippen LogP contribution in [0.15, 0.2) is 36.7 Å². The Balaban J connectivity index is 2.07. The van der Waals surface area contributed by atoms with Gasteiger partial charge in [0, 0.05) is 18.1 Å². The minimum atomic E-state index is 0.684. The molecule has 0 aliphatic carbocycles. The van der Waals surface area contributed by atoms with Crippen molar-refractivity contribution in [3.8, 4) is 0 Å². The van der Waals surface area contributed by atoms with Gasteiger partial charge in [0.1, 0.15) is 0 Å². The monoisotopic (exact) mass is 256 g/mol. The van der Waals surface area contributed by atoms with Crippen LogP contribution in [0.1, 0.15) is 11.3 Å². The number of fused-ring (bicyclic) bond motifs is 1. The second-order valence-electron chi connectivity index (χ2n) is 4.20. The van der Waals surface area contributed by atoms with Crippen LogP contribution in [0.25, 0.3) is 11.2 Å². The molecule has 0 atom stereocenters. The molecule has 4 nitrogen and oxygen atoms in total. The van der Waals surface area contributed by atoms with E-state index in [2.05, 4.69) is 21.0 Å². The fourth-order valence-electron chi connectivity index (χ4n) is 1.91. The first-order valence-corrected chi connectivity index (χ1v) is 6.10. The number of rotatable bonds is 2. The van der Waals surface area contributed by atoms with E-state index >= 15 is 0 Å². The van der Waals surface area contributed by atoms with Crippen molar-refractivity contribution in [2.24, 2.45) is 0 Å². The summed E-state index contributed by atoms with van der Waals surface area (Å²) in [6, 6.07) is 7.93. The Morgan fingerprint density at radius 1 is 1.28 bits per heavy atom. The summed E-state index contributed by atoms with van der Waals surface area (Å²) in [5, 5.41) is 0. The van der Waals surface area contributed by atoms with Crippen LogP contribution in [-0.4, -0.2) is 19.5 Å². The van der Waals surface area contributed by atoms with Gasteiger partial charge in [0.25, 0.3) is 0 Å². The largest absolute Gasteiger partial charge is 0.329 e. The molecule has 0 aliphatic rings. The van der Waals surface area contributed by atoms with E-state index in [-0.39, 0.29) is 0 Å². The van der Waals surface area contributed by atoms with Crippen LogP contribution >= 0.6 is 12.2 Å². The first-order valence-electron chi connectivity index (χ1n) is 5.69. The lowest BCUT2D eigenvalue weighted by atomic mass is 10.2. The van der Waals surface area contributed by atoms with Gasteiger partial charge in [-0.15, -0.1) is 0 Å². The topological polar surface area (TPSA) is 46.5 Å². The highest BCUT2D eigenvalue weighted by atomic mass is 32.1. The Hall–Kier alpha value is -2.01. The van der Waals surface area contributed by atoms with Crippen LogP contribution in [0, 0.1) is 11.7 Å². The summed E-state index contributed by atoms with van der Waals surface area (Å²) in [6.45, 7) is 2.66. The van der Waals surface area contributed by atoms with Crippen molar-refractivity contribution in [1.29, 1.82) is 0 Å². The minimum absolute atomic E-state index is 0.684. The molecule has 0 bridgehead atoms. The molecule has 3 aromatic rings. The standard InChI is InChI=1S/C13H12N4S/c1-9-4-5-10(7-15-9)8-17-12-11(16-13(17)18)3-2-6-14-12/h2-7H,8H2,1H3,(H,16,18). The second-order valence-corrected chi connectivity index (χ2v) is 4.59. The molecular weight excluding hydrogens is 244 g/mol. The molecule has 3 heterocycles.